The molecule has 0 unspecified atom stereocenters. The fraction of sp³-hybridized carbons (Fsp3) is 0.889. The van der Waals surface area contributed by atoms with Crippen molar-refractivity contribution in [2.24, 2.45) is 5.92 Å². The van der Waals surface area contributed by atoms with Crippen LogP contribution in [0.25, 0.3) is 0 Å². The van der Waals surface area contributed by atoms with Gasteiger partial charge in [0.2, 0.25) is 5.91 Å². The Morgan fingerprint density at radius 2 is 1.75 bits per heavy atom. The Kier molecular flexibility index (Phi) is 3.71. The molecule has 0 aliphatic carbocycles. The van der Waals surface area contributed by atoms with Gasteiger partial charge in [0, 0.05) is 5.54 Å². The first-order valence-electron chi connectivity index (χ1n) is 4.24. The Labute approximate surface area is 74.2 Å². The molecule has 72 valence electrons. The summed E-state index contributed by atoms with van der Waals surface area (Å²) in [5, 5.41) is 12.1. The van der Waals surface area contributed by atoms with Crippen LogP contribution < -0.4 is 5.32 Å². The largest absolute Gasteiger partial charge is 0.383 e. The Morgan fingerprint density at radius 3 is 2.00 bits per heavy atom. The third kappa shape index (κ3) is 4.34. The van der Waals surface area contributed by atoms with Crippen LogP contribution in [-0.2, 0) is 4.79 Å². The average molecular weight is 173 g/mol. The molecule has 0 radical (unpaired) electrons. The summed E-state index contributed by atoms with van der Waals surface area (Å²) in [4.78, 5) is 11.2. The molecule has 1 atom stereocenters. The minimum atomic E-state index is -0.899. The van der Waals surface area contributed by atoms with E-state index in [4.69, 9.17) is 0 Å². The maximum atomic E-state index is 11.2. The van der Waals surface area contributed by atoms with E-state index in [0.717, 1.165) is 0 Å². The molecule has 0 aromatic carbocycles. The van der Waals surface area contributed by atoms with Gasteiger partial charge >= 0.3 is 0 Å². The summed E-state index contributed by atoms with van der Waals surface area (Å²) < 4.78 is 0. The van der Waals surface area contributed by atoms with Gasteiger partial charge in [0.05, 0.1) is 0 Å². The second kappa shape index (κ2) is 3.90. The number of hydrogen-bond acceptors (Lipinski definition) is 2. The second-order valence-corrected chi connectivity index (χ2v) is 4.43. The van der Waals surface area contributed by atoms with E-state index >= 15 is 0 Å². The molecule has 0 aromatic rings. The van der Waals surface area contributed by atoms with E-state index in [1.165, 1.54) is 0 Å². The van der Waals surface area contributed by atoms with Crippen molar-refractivity contribution >= 4 is 5.91 Å². The molecule has 0 saturated heterocycles. The molecule has 2 N–H and O–H groups in total. The number of carbonyl (C=O) groups excluding carboxylic acids is 1. The van der Waals surface area contributed by atoms with Gasteiger partial charge in [-0.1, -0.05) is 13.8 Å². The van der Waals surface area contributed by atoms with Crippen LogP contribution in [0.2, 0.25) is 0 Å². The van der Waals surface area contributed by atoms with Crippen molar-refractivity contribution in [1.82, 2.24) is 5.32 Å². The third-order valence-electron chi connectivity index (χ3n) is 1.40. The molecule has 0 aliphatic heterocycles. The molecule has 0 spiro atoms. The highest BCUT2D eigenvalue weighted by molar-refractivity contribution is 5.81. The number of aliphatic hydroxyl groups is 1. The zero-order chi connectivity index (χ0) is 9.94. The van der Waals surface area contributed by atoms with Gasteiger partial charge in [0.15, 0.2) is 0 Å². The van der Waals surface area contributed by atoms with Crippen LogP contribution >= 0.6 is 0 Å². The molecule has 0 heterocycles. The molecule has 12 heavy (non-hydrogen) atoms. The highest BCUT2D eigenvalue weighted by Gasteiger charge is 2.22. The van der Waals surface area contributed by atoms with Crippen LogP contribution in [0.5, 0.6) is 0 Å². The number of nitrogens with one attached hydrogen (secondary N) is 1. The molecule has 3 heteroatoms. The van der Waals surface area contributed by atoms with E-state index in [2.05, 4.69) is 5.32 Å². The lowest BCUT2D eigenvalue weighted by molar-refractivity contribution is -0.132. The first-order chi connectivity index (χ1) is 5.24. The van der Waals surface area contributed by atoms with Crippen molar-refractivity contribution in [3.63, 3.8) is 0 Å². The summed E-state index contributed by atoms with van der Waals surface area (Å²) in [6, 6.07) is 0. The van der Waals surface area contributed by atoms with Crippen molar-refractivity contribution in [1.29, 1.82) is 0 Å². The molecule has 0 bridgehead atoms. The predicted molar refractivity (Wildman–Crippen MR) is 48.7 cm³/mol. The van der Waals surface area contributed by atoms with Crippen molar-refractivity contribution in [3.8, 4) is 0 Å². The fourth-order valence-corrected chi connectivity index (χ4v) is 0.746. The van der Waals surface area contributed by atoms with Gasteiger partial charge in [-0.2, -0.15) is 0 Å². The SMILES string of the molecule is CC(C)[C@@H](O)C(=O)NC(C)(C)C. The van der Waals surface area contributed by atoms with Gasteiger partial charge in [0.25, 0.3) is 0 Å². The van der Waals surface area contributed by atoms with Crippen molar-refractivity contribution < 1.29 is 9.90 Å². The Hall–Kier alpha value is -0.570. The van der Waals surface area contributed by atoms with Crippen molar-refractivity contribution in [3.05, 3.63) is 0 Å². The van der Waals surface area contributed by atoms with Gasteiger partial charge in [-0.3, -0.25) is 4.79 Å². The third-order valence-corrected chi connectivity index (χ3v) is 1.40. The van der Waals surface area contributed by atoms with E-state index in [1.807, 2.05) is 34.6 Å². The first kappa shape index (κ1) is 11.4. The summed E-state index contributed by atoms with van der Waals surface area (Å²) in [5.74, 6) is -0.329. The second-order valence-electron chi connectivity index (χ2n) is 4.43. The molecule has 0 fully saturated rings. The molecule has 1 amide bonds. The zero-order valence-electron chi connectivity index (χ0n) is 8.51. The normalized spacial score (nSPS) is 14.6. The predicted octanol–water partition coefficient (Wildman–Crippen LogP) is 0.918. The molecule has 0 saturated carbocycles. The zero-order valence-corrected chi connectivity index (χ0v) is 8.51. The van der Waals surface area contributed by atoms with Crippen LogP contribution in [0.3, 0.4) is 0 Å². The van der Waals surface area contributed by atoms with Crippen LogP contribution in [0.1, 0.15) is 34.6 Å². The number of aliphatic hydroxyl groups excluding tert-OH is 1. The minimum absolute atomic E-state index is 0.0349. The van der Waals surface area contributed by atoms with Crippen LogP contribution in [0.15, 0.2) is 0 Å². The number of hydrogen-bond donors (Lipinski definition) is 2. The fourth-order valence-electron chi connectivity index (χ4n) is 0.746. The quantitative estimate of drug-likeness (QED) is 0.652. The number of amides is 1. The van der Waals surface area contributed by atoms with E-state index in [9.17, 15) is 9.90 Å². The maximum Gasteiger partial charge on any atom is 0.249 e. The summed E-state index contributed by atoms with van der Waals surface area (Å²) in [6.07, 6.45) is -0.899. The Morgan fingerprint density at radius 1 is 1.33 bits per heavy atom. The smallest absolute Gasteiger partial charge is 0.249 e. The summed E-state index contributed by atoms with van der Waals surface area (Å²) in [6.45, 7) is 9.29. The summed E-state index contributed by atoms with van der Waals surface area (Å²) in [7, 11) is 0. The van der Waals surface area contributed by atoms with Crippen molar-refractivity contribution in [2.45, 2.75) is 46.3 Å². The molecule has 3 nitrogen and oxygen atoms in total. The van der Waals surface area contributed by atoms with E-state index in [-0.39, 0.29) is 17.4 Å². The van der Waals surface area contributed by atoms with Gasteiger partial charge < -0.3 is 10.4 Å². The molecular weight excluding hydrogens is 154 g/mol. The van der Waals surface area contributed by atoms with Gasteiger partial charge in [0.1, 0.15) is 6.10 Å². The highest BCUT2D eigenvalue weighted by atomic mass is 16.3. The lowest BCUT2D eigenvalue weighted by Crippen LogP contribution is -2.47. The van der Waals surface area contributed by atoms with Crippen molar-refractivity contribution in [2.75, 3.05) is 0 Å². The Balaban J connectivity index is 4.05. The maximum absolute atomic E-state index is 11.2. The first-order valence-corrected chi connectivity index (χ1v) is 4.24. The summed E-state index contributed by atoms with van der Waals surface area (Å²) >= 11 is 0. The molecular formula is C9H19NO2. The summed E-state index contributed by atoms with van der Waals surface area (Å²) in [5.41, 5.74) is -0.271. The molecule has 0 rings (SSSR count). The molecule has 0 aromatic heterocycles. The van der Waals surface area contributed by atoms with Crippen LogP contribution in [0, 0.1) is 5.92 Å². The minimum Gasteiger partial charge on any atom is -0.383 e. The van der Waals surface area contributed by atoms with Gasteiger partial charge in [-0.15, -0.1) is 0 Å². The topological polar surface area (TPSA) is 49.3 Å². The number of rotatable bonds is 2. The van der Waals surface area contributed by atoms with Crippen LogP contribution in [-0.4, -0.2) is 22.7 Å². The monoisotopic (exact) mass is 173 g/mol. The van der Waals surface area contributed by atoms with E-state index < -0.39 is 6.10 Å². The van der Waals surface area contributed by atoms with Gasteiger partial charge in [-0.25, -0.2) is 0 Å². The highest BCUT2D eigenvalue weighted by Crippen LogP contribution is 2.04. The standard InChI is InChI=1S/C9H19NO2/c1-6(2)7(11)8(12)10-9(3,4)5/h6-7,11H,1-5H3,(H,10,12)/t7-/m1/s1. The Bertz CT molecular complexity index is 158. The number of carbonyl (C=O) groups is 1. The lowest BCUT2D eigenvalue weighted by atomic mass is 10.0. The molecule has 0 aliphatic rings. The van der Waals surface area contributed by atoms with E-state index in [1.54, 1.807) is 0 Å². The van der Waals surface area contributed by atoms with Gasteiger partial charge in [-0.05, 0) is 26.7 Å². The average Bonchev–Trinajstić information content (AvgIpc) is 1.82. The van der Waals surface area contributed by atoms with Crippen LogP contribution in [0.4, 0.5) is 0 Å². The van der Waals surface area contributed by atoms with E-state index in [0.29, 0.717) is 0 Å². The lowest BCUT2D eigenvalue weighted by Gasteiger charge is -2.23.